The van der Waals surface area contributed by atoms with E-state index in [1.165, 1.54) is 28.8 Å². The molecular formula is C17H16N6O4. The van der Waals surface area contributed by atoms with E-state index >= 15 is 0 Å². The van der Waals surface area contributed by atoms with Crippen LogP contribution >= 0.6 is 0 Å². The van der Waals surface area contributed by atoms with Crippen molar-refractivity contribution in [2.24, 2.45) is 5.73 Å². The van der Waals surface area contributed by atoms with Crippen molar-refractivity contribution in [3.63, 3.8) is 0 Å². The summed E-state index contributed by atoms with van der Waals surface area (Å²) in [7, 11) is 0. The van der Waals surface area contributed by atoms with E-state index < -0.39 is 24.4 Å². The van der Waals surface area contributed by atoms with Gasteiger partial charge in [0.2, 0.25) is 5.91 Å². The number of esters is 1. The molecule has 27 heavy (non-hydrogen) atoms. The first-order valence-corrected chi connectivity index (χ1v) is 7.91. The van der Waals surface area contributed by atoms with E-state index in [1.54, 1.807) is 13.0 Å². The number of nitrogens with zero attached hydrogens (tertiary/aromatic N) is 4. The predicted molar refractivity (Wildman–Crippen MR) is 94.1 cm³/mol. The fraction of sp³-hybridized carbons (Fsp3) is 0.176. The number of hydrogen-bond acceptors (Lipinski definition) is 7. The van der Waals surface area contributed by atoms with Crippen LogP contribution in [0.25, 0.3) is 5.78 Å². The lowest BCUT2D eigenvalue weighted by molar-refractivity contribution is -0.119. The molecular weight excluding hydrogens is 352 g/mol. The fourth-order valence-corrected chi connectivity index (χ4v) is 2.36. The Kier molecular flexibility index (Phi) is 4.79. The Morgan fingerprint density at radius 2 is 1.85 bits per heavy atom. The van der Waals surface area contributed by atoms with Gasteiger partial charge in [0.25, 0.3) is 17.5 Å². The molecule has 138 valence electrons. The number of carbonyl (C=O) groups excluding carboxylic acids is 3. The standard InChI is InChI=1S/C17H16N6O4/c1-9-7-10(2)23-17(19-9)21-15(22-23)16(26)27-8-13(24)20-12-5-3-11(4-6-12)14(18)25/h3-7H,8H2,1-2H3,(H2,18,25)(H,20,24). The lowest BCUT2D eigenvalue weighted by Crippen LogP contribution is -2.21. The van der Waals surface area contributed by atoms with Crippen molar-refractivity contribution in [3.8, 4) is 0 Å². The zero-order chi connectivity index (χ0) is 19.6. The summed E-state index contributed by atoms with van der Waals surface area (Å²) in [6.07, 6.45) is 0. The molecule has 0 fully saturated rings. The van der Waals surface area contributed by atoms with Crippen molar-refractivity contribution in [2.45, 2.75) is 13.8 Å². The van der Waals surface area contributed by atoms with E-state index in [1.807, 2.05) is 6.92 Å². The van der Waals surface area contributed by atoms with Crippen LogP contribution in [-0.2, 0) is 9.53 Å². The Morgan fingerprint density at radius 3 is 2.52 bits per heavy atom. The van der Waals surface area contributed by atoms with Gasteiger partial charge in [-0.05, 0) is 44.2 Å². The number of carbonyl (C=O) groups is 3. The van der Waals surface area contributed by atoms with Gasteiger partial charge in [-0.25, -0.2) is 14.3 Å². The summed E-state index contributed by atoms with van der Waals surface area (Å²) in [5, 5.41) is 6.57. The molecule has 10 heteroatoms. The molecule has 0 spiro atoms. The Morgan fingerprint density at radius 1 is 1.15 bits per heavy atom. The second kappa shape index (κ2) is 7.20. The topological polar surface area (TPSA) is 142 Å². The average molecular weight is 368 g/mol. The predicted octanol–water partition coefficient (Wildman–Crippen LogP) is 0.636. The molecule has 2 heterocycles. The highest BCUT2D eigenvalue weighted by Crippen LogP contribution is 2.09. The number of ether oxygens (including phenoxy) is 1. The van der Waals surface area contributed by atoms with Crippen LogP contribution in [0.4, 0.5) is 5.69 Å². The molecule has 0 aliphatic rings. The maximum absolute atomic E-state index is 12.1. The van der Waals surface area contributed by atoms with E-state index in [9.17, 15) is 14.4 Å². The molecule has 0 aliphatic heterocycles. The number of aromatic nitrogens is 4. The van der Waals surface area contributed by atoms with Gasteiger partial charge in [0, 0.05) is 22.6 Å². The molecule has 3 N–H and O–H groups in total. The number of nitrogens with one attached hydrogen (secondary N) is 1. The van der Waals surface area contributed by atoms with Gasteiger partial charge in [0.15, 0.2) is 6.61 Å². The highest BCUT2D eigenvalue weighted by molar-refractivity contribution is 5.96. The van der Waals surface area contributed by atoms with Crippen LogP contribution < -0.4 is 11.1 Å². The average Bonchev–Trinajstić information content (AvgIpc) is 3.04. The quantitative estimate of drug-likeness (QED) is 0.629. The van der Waals surface area contributed by atoms with Crippen LogP contribution in [0.3, 0.4) is 0 Å². The zero-order valence-corrected chi connectivity index (χ0v) is 14.6. The van der Waals surface area contributed by atoms with E-state index in [0.717, 1.165) is 11.4 Å². The van der Waals surface area contributed by atoms with E-state index in [4.69, 9.17) is 10.5 Å². The van der Waals surface area contributed by atoms with Crippen molar-refractivity contribution < 1.29 is 19.1 Å². The van der Waals surface area contributed by atoms with Gasteiger partial charge in [0.1, 0.15) is 0 Å². The molecule has 0 unspecified atom stereocenters. The number of hydrogen-bond donors (Lipinski definition) is 2. The number of rotatable bonds is 5. The van der Waals surface area contributed by atoms with Gasteiger partial charge in [0.05, 0.1) is 0 Å². The summed E-state index contributed by atoms with van der Waals surface area (Å²) < 4.78 is 6.35. The summed E-state index contributed by atoms with van der Waals surface area (Å²) in [6, 6.07) is 7.78. The van der Waals surface area contributed by atoms with Gasteiger partial charge in [-0.2, -0.15) is 4.98 Å². The second-order valence-electron chi connectivity index (χ2n) is 5.75. The van der Waals surface area contributed by atoms with Crippen molar-refractivity contribution >= 4 is 29.2 Å². The zero-order valence-electron chi connectivity index (χ0n) is 14.6. The molecule has 0 atom stereocenters. The van der Waals surface area contributed by atoms with E-state index in [2.05, 4.69) is 20.4 Å². The van der Waals surface area contributed by atoms with Crippen molar-refractivity contribution in [3.05, 3.63) is 53.1 Å². The highest BCUT2D eigenvalue weighted by Gasteiger charge is 2.17. The van der Waals surface area contributed by atoms with Crippen LogP contribution in [-0.4, -0.2) is 44.0 Å². The maximum atomic E-state index is 12.1. The first-order chi connectivity index (χ1) is 12.8. The van der Waals surface area contributed by atoms with Gasteiger partial charge < -0.3 is 15.8 Å². The lowest BCUT2D eigenvalue weighted by atomic mass is 10.2. The molecule has 10 nitrogen and oxygen atoms in total. The van der Waals surface area contributed by atoms with Gasteiger partial charge in [-0.1, -0.05) is 0 Å². The summed E-state index contributed by atoms with van der Waals surface area (Å²) >= 11 is 0. The number of benzene rings is 1. The summed E-state index contributed by atoms with van der Waals surface area (Å²) in [5.74, 6) is -1.86. The maximum Gasteiger partial charge on any atom is 0.378 e. The number of amides is 2. The van der Waals surface area contributed by atoms with Crippen LogP contribution in [0.2, 0.25) is 0 Å². The van der Waals surface area contributed by atoms with Crippen LogP contribution in [0.5, 0.6) is 0 Å². The number of primary amides is 1. The largest absolute Gasteiger partial charge is 0.450 e. The first-order valence-electron chi connectivity index (χ1n) is 7.91. The fourth-order valence-electron chi connectivity index (χ4n) is 2.36. The Labute approximate surface area is 153 Å². The minimum absolute atomic E-state index is 0.185. The minimum Gasteiger partial charge on any atom is -0.450 e. The Balaban J connectivity index is 1.60. The van der Waals surface area contributed by atoms with E-state index in [-0.39, 0.29) is 11.6 Å². The molecule has 0 radical (unpaired) electrons. The Bertz CT molecular complexity index is 1040. The number of aryl methyl sites for hydroxylation is 2. The van der Waals surface area contributed by atoms with Crippen molar-refractivity contribution in [1.29, 1.82) is 0 Å². The molecule has 2 amide bonds. The lowest BCUT2D eigenvalue weighted by Gasteiger charge is -2.06. The molecule has 0 bridgehead atoms. The SMILES string of the molecule is Cc1cc(C)n2nc(C(=O)OCC(=O)Nc3ccc(C(N)=O)cc3)nc2n1. The van der Waals surface area contributed by atoms with Crippen LogP contribution in [0.1, 0.15) is 32.4 Å². The second-order valence-corrected chi connectivity index (χ2v) is 5.75. The monoisotopic (exact) mass is 368 g/mol. The minimum atomic E-state index is -0.836. The molecule has 0 aliphatic carbocycles. The number of fused-ring (bicyclic) bond motifs is 1. The van der Waals surface area contributed by atoms with Gasteiger partial charge in [-0.3, -0.25) is 9.59 Å². The first kappa shape index (κ1) is 18.0. The highest BCUT2D eigenvalue weighted by atomic mass is 16.5. The van der Waals surface area contributed by atoms with Crippen LogP contribution in [0.15, 0.2) is 30.3 Å². The molecule has 3 aromatic rings. The van der Waals surface area contributed by atoms with E-state index in [0.29, 0.717) is 11.3 Å². The molecule has 3 rings (SSSR count). The van der Waals surface area contributed by atoms with Gasteiger partial charge in [-0.15, -0.1) is 5.10 Å². The summed E-state index contributed by atoms with van der Waals surface area (Å²) in [4.78, 5) is 43.2. The normalized spacial score (nSPS) is 10.6. The summed E-state index contributed by atoms with van der Waals surface area (Å²) in [5.41, 5.74) is 7.40. The van der Waals surface area contributed by atoms with Crippen molar-refractivity contribution in [2.75, 3.05) is 11.9 Å². The molecule has 1 aromatic carbocycles. The smallest absolute Gasteiger partial charge is 0.378 e. The summed E-state index contributed by atoms with van der Waals surface area (Å²) in [6.45, 7) is 3.10. The van der Waals surface area contributed by atoms with Crippen LogP contribution in [0, 0.1) is 13.8 Å². The molecule has 0 saturated carbocycles. The molecule has 0 saturated heterocycles. The third-order valence-electron chi connectivity index (χ3n) is 3.59. The number of anilines is 1. The Hall–Kier alpha value is -3.82. The van der Waals surface area contributed by atoms with Crippen molar-refractivity contribution in [1.82, 2.24) is 19.6 Å². The third kappa shape index (κ3) is 4.06. The third-order valence-corrected chi connectivity index (χ3v) is 3.59. The van der Waals surface area contributed by atoms with Gasteiger partial charge >= 0.3 is 5.97 Å². The number of nitrogens with two attached hydrogens (primary N) is 1. The molecule has 2 aromatic heterocycles.